The number of allylic oxidation sites excluding steroid dienone is 2. The molecule has 2 N–H and O–H groups in total. The minimum atomic E-state index is -0.299. The molecule has 2 aliphatic rings. The number of piperidine rings is 1. The Balaban J connectivity index is 1.67. The SMILES string of the molecule is Cc1ccc(=O)n(CC(=O)N[C@@H]2CCC(=O)N[C@H]2C2CC=CCC2)n1. The van der Waals surface area contributed by atoms with Crippen LogP contribution in [-0.4, -0.2) is 33.7 Å². The van der Waals surface area contributed by atoms with E-state index in [1.165, 1.54) is 10.7 Å². The number of amides is 2. The van der Waals surface area contributed by atoms with Gasteiger partial charge in [0.25, 0.3) is 5.56 Å². The van der Waals surface area contributed by atoms with E-state index in [0.29, 0.717) is 24.5 Å². The number of hydrogen-bond acceptors (Lipinski definition) is 4. The normalized spacial score (nSPS) is 26.1. The third-order valence-electron chi connectivity index (χ3n) is 4.90. The van der Waals surface area contributed by atoms with Crippen molar-refractivity contribution in [2.45, 2.75) is 57.7 Å². The molecule has 1 aliphatic heterocycles. The molecule has 7 nitrogen and oxygen atoms in total. The maximum Gasteiger partial charge on any atom is 0.267 e. The molecule has 134 valence electrons. The van der Waals surface area contributed by atoms with Gasteiger partial charge in [0.15, 0.2) is 0 Å². The summed E-state index contributed by atoms with van der Waals surface area (Å²) < 4.78 is 1.17. The second-order valence-electron chi connectivity index (χ2n) is 6.82. The smallest absolute Gasteiger partial charge is 0.267 e. The van der Waals surface area contributed by atoms with E-state index >= 15 is 0 Å². The fraction of sp³-hybridized carbons (Fsp3) is 0.556. The molecule has 0 saturated carbocycles. The third kappa shape index (κ3) is 4.35. The van der Waals surface area contributed by atoms with Gasteiger partial charge in [-0.1, -0.05) is 12.2 Å². The first-order valence-corrected chi connectivity index (χ1v) is 8.81. The molecule has 1 aromatic heterocycles. The fourth-order valence-electron chi connectivity index (χ4n) is 3.63. The summed E-state index contributed by atoms with van der Waals surface area (Å²) in [5.74, 6) is 0.124. The first-order valence-electron chi connectivity index (χ1n) is 8.81. The number of aromatic nitrogens is 2. The quantitative estimate of drug-likeness (QED) is 0.785. The van der Waals surface area contributed by atoms with Crippen LogP contribution in [0.5, 0.6) is 0 Å². The Bertz CT molecular complexity index is 740. The van der Waals surface area contributed by atoms with Gasteiger partial charge in [-0.15, -0.1) is 0 Å². The zero-order valence-electron chi connectivity index (χ0n) is 14.4. The summed E-state index contributed by atoms with van der Waals surface area (Å²) in [6.07, 6.45) is 8.25. The summed E-state index contributed by atoms with van der Waals surface area (Å²) in [6, 6.07) is 2.87. The zero-order valence-corrected chi connectivity index (χ0v) is 14.4. The van der Waals surface area contributed by atoms with E-state index in [-0.39, 0.29) is 36.0 Å². The van der Waals surface area contributed by atoms with Crippen LogP contribution in [-0.2, 0) is 16.1 Å². The van der Waals surface area contributed by atoms with Gasteiger partial charge in [-0.05, 0) is 44.6 Å². The van der Waals surface area contributed by atoms with Gasteiger partial charge in [-0.25, -0.2) is 4.68 Å². The standard InChI is InChI=1S/C18H24N4O3/c1-12-7-10-17(25)22(21-12)11-16(24)19-14-8-9-15(23)20-18(14)13-5-3-2-4-6-13/h2-3,7,10,13-14,18H,4-6,8-9,11H2,1H3,(H,19,24)(H,20,23)/t13?,14-,18+/m1/s1. The lowest BCUT2D eigenvalue weighted by Gasteiger charge is -2.38. The number of nitrogens with zero attached hydrogens (tertiary/aromatic N) is 2. The molecule has 3 rings (SSSR count). The number of rotatable bonds is 4. The van der Waals surface area contributed by atoms with Crippen LogP contribution in [0, 0.1) is 12.8 Å². The number of nitrogens with one attached hydrogen (secondary N) is 2. The lowest BCUT2D eigenvalue weighted by molar-refractivity contribution is -0.128. The molecule has 0 bridgehead atoms. The van der Waals surface area contributed by atoms with Gasteiger partial charge >= 0.3 is 0 Å². The zero-order chi connectivity index (χ0) is 17.8. The van der Waals surface area contributed by atoms with Crippen molar-refractivity contribution in [1.29, 1.82) is 0 Å². The molecule has 1 fully saturated rings. The van der Waals surface area contributed by atoms with Gasteiger partial charge in [0.2, 0.25) is 11.8 Å². The summed E-state index contributed by atoms with van der Waals surface area (Å²) in [6.45, 7) is 1.67. The number of hydrogen-bond donors (Lipinski definition) is 2. The lowest BCUT2D eigenvalue weighted by Crippen LogP contribution is -2.59. The number of aryl methyl sites for hydroxylation is 1. The number of carbonyl (C=O) groups is 2. The predicted molar refractivity (Wildman–Crippen MR) is 92.8 cm³/mol. The average Bonchev–Trinajstić information content (AvgIpc) is 2.60. The van der Waals surface area contributed by atoms with Crippen LogP contribution in [0.2, 0.25) is 0 Å². The summed E-state index contributed by atoms with van der Waals surface area (Å²) in [5.41, 5.74) is 0.385. The first kappa shape index (κ1) is 17.4. The highest BCUT2D eigenvalue weighted by atomic mass is 16.2. The number of carbonyl (C=O) groups excluding carboxylic acids is 2. The maximum absolute atomic E-state index is 12.4. The molecule has 25 heavy (non-hydrogen) atoms. The van der Waals surface area contributed by atoms with Crippen molar-refractivity contribution < 1.29 is 9.59 Å². The monoisotopic (exact) mass is 344 g/mol. The van der Waals surface area contributed by atoms with Crippen LogP contribution in [0.3, 0.4) is 0 Å². The van der Waals surface area contributed by atoms with Crippen molar-refractivity contribution in [3.8, 4) is 0 Å². The molecular weight excluding hydrogens is 320 g/mol. The van der Waals surface area contributed by atoms with Gasteiger partial charge in [-0.3, -0.25) is 14.4 Å². The second kappa shape index (κ2) is 7.63. The van der Waals surface area contributed by atoms with Crippen molar-refractivity contribution in [3.63, 3.8) is 0 Å². The van der Waals surface area contributed by atoms with Crippen LogP contribution < -0.4 is 16.2 Å². The van der Waals surface area contributed by atoms with Gasteiger partial charge in [0.1, 0.15) is 6.54 Å². The van der Waals surface area contributed by atoms with Crippen molar-refractivity contribution in [3.05, 3.63) is 40.3 Å². The molecule has 0 radical (unpaired) electrons. The van der Waals surface area contributed by atoms with Crippen molar-refractivity contribution >= 4 is 11.8 Å². The molecule has 3 atom stereocenters. The molecular formula is C18H24N4O3. The summed E-state index contributed by atoms with van der Waals surface area (Å²) in [5, 5.41) is 10.1. The minimum absolute atomic E-state index is 0.0432. The van der Waals surface area contributed by atoms with E-state index in [2.05, 4.69) is 27.9 Å². The second-order valence-corrected chi connectivity index (χ2v) is 6.82. The molecule has 1 aromatic rings. The largest absolute Gasteiger partial charge is 0.351 e. The average molecular weight is 344 g/mol. The topological polar surface area (TPSA) is 93.1 Å². The van der Waals surface area contributed by atoms with Crippen molar-refractivity contribution in [1.82, 2.24) is 20.4 Å². The van der Waals surface area contributed by atoms with Gasteiger partial charge < -0.3 is 10.6 Å². The van der Waals surface area contributed by atoms with Crippen LogP contribution in [0.1, 0.15) is 37.8 Å². The third-order valence-corrected chi connectivity index (χ3v) is 4.90. The summed E-state index contributed by atoms with van der Waals surface area (Å²) >= 11 is 0. The van der Waals surface area contributed by atoms with Crippen LogP contribution >= 0.6 is 0 Å². The Morgan fingerprint density at radius 1 is 1.32 bits per heavy atom. The van der Waals surface area contributed by atoms with E-state index in [4.69, 9.17) is 0 Å². The van der Waals surface area contributed by atoms with Crippen molar-refractivity contribution in [2.75, 3.05) is 0 Å². The van der Waals surface area contributed by atoms with E-state index in [1.807, 2.05) is 0 Å². The minimum Gasteiger partial charge on any atom is -0.351 e. The van der Waals surface area contributed by atoms with E-state index in [0.717, 1.165) is 19.3 Å². The van der Waals surface area contributed by atoms with E-state index in [1.54, 1.807) is 13.0 Å². The molecule has 0 aromatic carbocycles. The van der Waals surface area contributed by atoms with Crippen LogP contribution in [0.15, 0.2) is 29.1 Å². The first-order chi connectivity index (χ1) is 12.0. The van der Waals surface area contributed by atoms with E-state index < -0.39 is 0 Å². The van der Waals surface area contributed by atoms with Crippen molar-refractivity contribution in [2.24, 2.45) is 5.92 Å². The molecule has 0 spiro atoms. The van der Waals surface area contributed by atoms with Crippen LogP contribution in [0.25, 0.3) is 0 Å². The maximum atomic E-state index is 12.4. The summed E-state index contributed by atoms with van der Waals surface area (Å²) in [4.78, 5) is 36.0. The highest BCUT2D eigenvalue weighted by Gasteiger charge is 2.35. The molecule has 2 heterocycles. The van der Waals surface area contributed by atoms with Gasteiger partial charge in [-0.2, -0.15) is 5.10 Å². The molecule has 2 amide bonds. The Morgan fingerprint density at radius 2 is 2.16 bits per heavy atom. The lowest BCUT2D eigenvalue weighted by atomic mass is 9.81. The fourth-order valence-corrected chi connectivity index (χ4v) is 3.63. The van der Waals surface area contributed by atoms with Crippen LogP contribution in [0.4, 0.5) is 0 Å². The Kier molecular flexibility index (Phi) is 5.31. The highest BCUT2D eigenvalue weighted by Crippen LogP contribution is 2.27. The Labute approximate surface area is 146 Å². The Hall–Kier alpha value is -2.44. The predicted octanol–water partition coefficient (Wildman–Crippen LogP) is 0.671. The molecule has 1 unspecified atom stereocenters. The molecule has 1 saturated heterocycles. The Morgan fingerprint density at radius 3 is 2.92 bits per heavy atom. The van der Waals surface area contributed by atoms with Gasteiger partial charge in [0, 0.05) is 18.5 Å². The van der Waals surface area contributed by atoms with E-state index in [9.17, 15) is 14.4 Å². The molecule has 1 aliphatic carbocycles. The van der Waals surface area contributed by atoms with Gasteiger partial charge in [0.05, 0.1) is 11.7 Å². The molecule has 7 heteroatoms. The highest BCUT2D eigenvalue weighted by molar-refractivity contribution is 5.79. The summed E-state index contributed by atoms with van der Waals surface area (Å²) in [7, 11) is 0.